The first kappa shape index (κ1) is 29.3. The van der Waals surface area contributed by atoms with Gasteiger partial charge in [0.05, 0.1) is 25.8 Å². The van der Waals surface area contributed by atoms with Crippen LogP contribution in [0.3, 0.4) is 0 Å². The Hall–Kier alpha value is -3.28. The highest BCUT2D eigenvalue weighted by Crippen LogP contribution is 2.28. The number of hydrogen-bond acceptors (Lipinski definition) is 7. The standard InChI is InChI=1S/C27H39N5O6/c1-6-32(11-12-37-5)15-23(33)29-18(3)25(35)31-22(13-19-14-28-21-10-8-7-9-20(19)21)26(36)30-17(2)24(34)27(4)16-38-27/h7-10,14,17-18,22,28H,6,11-13,15-16H2,1-5H3,(H,29,33)(H,30,36)(H,31,35)/t17-,18-,22-,27+/m0/s1. The summed E-state index contributed by atoms with van der Waals surface area (Å²) in [7, 11) is 1.60. The van der Waals surface area contributed by atoms with E-state index in [1.165, 1.54) is 0 Å². The van der Waals surface area contributed by atoms with E-state index in [9.17, 15) is 19.2 Å². The predicted octanol–water partition coefficient (Wildman–Crippen LogP) is 0.531. The molecule has 11 nitrogen and oxygen atoms in total. The first-order chi connectivity index (χ1) is 18.1. The Morgan fingerprint density at radius 2 is 1.82 bits per heavy atom. The van der Waals surface area contributed by atoms with Crippen LogP contribution >= 0.6 is 0 Å². The van der Waals surface area contributed by atoms with Crippen LogP contribution in [-0.2, 0) is 35.1 Å². The fraction of sp³-hybridized carbons (Fsp3) is 0.556. The lowest BCUT2D eigenvalue weighted by Crippen LogP contribution is -2.56. The number of H-pyrrole nitrogens is 1. The van der Waals surface area contributed by atoms with Crippen LogP contribution in [0.2, 0.25) is 0 Å². The van der Waals surface area contributed by atoms with Crippen molar-refractivity contribution < 1.29 is 28.7 Å². The van der Waals surface area contributed by atoms with Gasteiger partial charge in [-0.3, -0.25) is 24.1 Å². The van der Waals surface area contributed by atoms with Crippen LogP contribution in [0.15, 0.2) is 30.5 Å². The summed E-state index contributed by atoms with van der Waals surface area (Å²) in [6.45, 7) is 8.97. The number of rotatable bonds is 15. The molecule has 0 aliphatic carbocycles. The molecule has 1 aromatic heterocycles. The molecule has 11 heteroatoms. The second-order valence-electron chi connectivity index (χ2n) is 9.89. The van der Waals surface area contributed by atoms with E-state index in [-0.39, 0.29) is 24.7 Å². The molecule has 0 spiro atoms. The van der Waals surface area contributed by atoms with Crippen molar-refractivity contribution in [1.29, 1.82) is 0 Å². The normalized spacial score (nSPS) is 19.0. The van der Waals surface area contributed by atoms with Crippen LogP contribution in [0.1, 0.15) is 33.3 Å². The molecular formula is C27H39N5O6. The lowest BCUT2D eigenvalue weighted by Gasteiger charge is -2.24. The number of aromatic amines is 1. The summed E-state index contributed by atoms with van der Waals surface area (Å²) < 4.78 is 10.3. The number of ketones is 1. The van der Waals surface area contributed by atoms with Gasteiger partial charge in [-0.05, 0) is 38.9 Å². The van der Waals surface area contributed by atoms with Gasteiger partial charge in [-0.1, -0.05) is 25.1 Å². The Kier molecular flexibility index (Phi) is 10.0. The molecule has 0 bridgehead atoms. The molecule has 3 amide bonds. The number of hydrogen-bond donors (Lipinski definition) is 4. The molecule has 1 aliphatic heterocycles. The topological polar surface area (TPSA) is 145 Å². The van der Waals surface area contributed by atoms with E-state index in [0.717, 1.165) is 16.5 Å². The Bertz CT molecular complexity index is 1140. The van der Waals surface area contributed by atoms with Crippen LogP contribution in [0.5, 0.6) is 0 Å². The van der Waals surface area contributed by atoms with Crippen molar-refractivity contribution in [3.8, 4) is 0 Å². The number of benzene rings is 1. The lowest BCUT2D eigenvalue weighted by molar-refractivity contribution is -0.133. The number of para-hydroxylation sites is 1. The van der Waals surface area contributed by atoms with E-state index in [2.05, 4.69) is 20.9 Å². The van der Waals surface area contributed by atoms with Crippen molar-refractivity contribution in [3.05, 3.63) is 36.0 Å². The number of carbonyl (C=O) groups excluding carboxylic acids is 4. The number of Topliss-reactive ketones (excluding diaryl/α,β-unsaturated/α-hetero) is 1. The number of methoxy groups -OCH3 is 1. The van der Waals surface area contributed by atoms with E-state index >= 15 is 0 Å². The minimum absolute atomic E-state index is 0.122. The molecule has 0 unspecified atom stereocenters. The van der Waals surface area contributed by atoms with Gasteiger partial charge < -0.3 is 30.4 Å². The zero-order valence-corrected chi connectivity index (χ0v) is 22.8. The zero-order valence-electron chi connectivity index (χ0n) is 22.8. The molecule has 2 heterocycles. The second kappa shape index (κ2) is 13.0. The predicted molar refractivity (Wildman–Crippen MR) is 142 cm³/mol. The molecule has 1 aromatic carbocycles. The minimum atomic E-state index is -0.974. The van der Waals surface area contributed by atoms with Crippen LogP contribution in [-0.4, -0.2) is 97.1 Å². The minimum Gasteiger partial charge on any atom is -0.383 e. The summed E-state index contributed by atoms with van der Waals surface area (Å²) in [5, 5.41) is 9.12. The molecule has 1 saturated heterocycles. The van der Waals surface area contributed by atoms with Gasteiger partial charge in [-0.25, -0.2) is 0 Å². The highest BCUT2D eigenvalue weighted by atomic mass is 16.6. The van der Waals surface area contributed by atoms with Gasteiger partial charge in [-0.2, -0.15) is 0 Å². The number of carbonyl (C=O) groups is 4. The first-order valence-electron chi connectivity index (χ1n) is 12.9. The van der Waals surface area contributed by atoms with Crippen LogP contribution in [0.25, 0.3) is 10.9 Å². The third-order valence-corrected chi connectivity index (χ3v) is 6.78. The number of aromatic nitrogens is 1. The summed E-state index contributed by atoms with van der Waals surface area (Å²) >= 11 is 0. The SMILES string of the molecule is CCN(CCOC)CC(=O)N[C@@H](C)C(=O)N[C@@H](Cc1c[nH]c2ccccc12)C(=O)N[C@@H](C)C(=O)[C@@]1(C)CO1. The summed E-state index contributed by atoms with van der Waals surface area (Å²) in [5.74, 6) is -1.53. The van der Waals surface area contributed by atoms with Crippen molar-refractivity contribution in [2.45, 2.75) is 57.8 Å². The van der Waals surface area contributed by atoms with Gasteiger partial charge in [0.15, 0.2) is 5.78 Å². The number of nitrogens with zero attached hydrogens (tertiary/aromatic N) is 1. The number of likely N-dealkylation sites (N-methyl/N-ethyl adjacent to an activating group) is 1. The smallest absolute Gasteiger partial charge is 0.243 e. The average Bonchev–Trinajstić information content (AvgIpc) is 3.52. The maximum atomic E-state index is 13.3. The van der Waals surface area contributed by atoms with Crippen molar-refractivity contribution in [3.63, 3.8) is 0 Å². The molecule has 4 N–H and O–H groups in total. The van der Waals surface area contributed by atoms with E-state index in [4.69, 9.17) is 9.47 Å². The Morgan fingerprint density at radius 3 is 2.47 bits per heavy atom. The molecule has 0 radical (unpaired) electrons. The van der Waals surface area contributed by atoms with Crippen molar-refractivity contribution in [2.75, 3.05) is 40.0 Å². The molecular weight excluding hydrogens is 490 g/mol. The van der Waals surface area contributed by atoms with E-state index in [0.29, 0.717) is 26.3 Å². The zero-order chi connectivity index (χ0) is 27.9. The van der Waals surface area contributed by atoms with Gasteiger partial charge in [0.1, 0.15) is 17.7 Å². The molecule has 1 fully saturated rings. The fourth-order valence-electron chi connectivity index (χ4n) is 4.24. The third-order valence-electron chi connectivity index (χ3n) is 6.78. The van der Waals surface area contributed by atoms with E-state index < -0.39 is 35.5 Å². The Morgan fingerprint density at radius 1 is 1.11 bits per heavy atom. The molecule has 4 atom stereocenters. The molecule has 2 aromatic rings. The highest BCUT2D eigenvalue weighted by Gasteiger charge is 2.49. The quantitative estimate of drug-likeness (QED) is 0.246. The van der Waals surface area contributed by atoms with Crippen molar-refractivity contribution in [2.24, 2.45) is 0 Å². The molecule has 3 rings (SSSR count). The summed E-state index contributed by atoms with van der Waals surface area (Å²) in [5.41, 5.74) is 0.868. The highest BCUT2D eigenvalue weighted by molar-refractivity contribution is 5.98. The van der Waals surface area contributed by atoms with Gasteiger partial charge in [0.25, 0.3) is 0 Å². The van der Waals surface area contributed by atoms with Crippen LogP contribution in [0.4, 0.5) is 0 Å². The van der Waals surface area contributed by atoms with Gasteiger partial charge in [0, 0.05) is 37.2 Å². The second-order valence-corrected chi connectivity index (χ2v) is 9.89. The van der Waals surface area contributed by atoms with Crippen LogP contribution in [0, 0.1) is 0 Å². The van der Waals surface area contributed by atoms with Crippen molar-refractivity contribution in [1.82, 2.24) is 25.8 Å². The van der Waals surface area contributed by atoms with Gasteiger partial charge in [0.2, 0.25) is 17.7 Å². The van der Waals surface area contributed by atoms with Gasteiger partial charge in [-0.15, -0.1) is 0 Å². The Labute approximate surface area is 223 Å². The largest absolute Gasteiger partial charge is 0.383 e. The number of amides is 3. The third kappa shape index (κ3) is 7.62. The summed E-state index contributed by atoms with van der Waals surface area (Å²) in [6, 6.07) is 5.02. The number of nitrogens with one attached hydrogen (secondary N) is 4. The monoisotopic (exact) mass is 529 g/mol. The maximum Gasteiger partial charge on any atom is 0.243 e. The Balaban J connectivity index is 1.68. The number of ether oxygens (including phenoxy) is 2. The lowest BCUT2D eigenvalue weighted by atomic mass is 10.00. The molecule has 208 valence electrons. The maximum absolute atomic E-state index is 13.3. The van der Waals surface area contributed by atoms with Crippen molar-refractivity contribution >= 4 is 34.4 Å². The van der Waals surface area contributed by atoms with Crippen LogP contribution < -0.4 is 16.0 Å². The molecule has 1 aliphatic rings. The first-order valence-corrected chi connectivity index (χ1v) is 12.9. The van der Waals surface area contributed by atoms with E-state index in [1.54, 1.807) is 34.1 Å². The fourth-order valence-corrected chi connectivity index (χ4v) is 4.24. The number of fused-ring (bicyclic) bond motifs is 1. The average molecular weight is 530 g/mol. The summed E-state index contributed by atoms with van der Waals surface area (Å²) in [4.78, 5) is 56.6. The van der Waals surface area contributed by atoms with Gasteiger partial charge >= 0.3 is 0 Å². The number of epoxide rings is 1. The molecule has 0 saturated carbocycles. The van der Waals surface area contributed by atoms with E-state index in [1.807, 2.05) is 36.1 Å². The molecule has 38 heavy (non-hydrogen) atoms. The summed E-state index contributed by atoms with van der Waals surface area (Å²) in [6.07, 6.45) is 1.99.